The maximum atomic E-state index is 15.1. The van der Waals surface area contributed by atoms with Crippen molar-refractivity contribution >= 4 is 45.3 Å². The first-order valence-corrected chi connectivity index (χ1v) is 16.5. The second-order valence-corrected chi connectivity index (χ2v) is 12.8. The number of nitro benzene ring substituents is 1. The van der Waals surface area contributed by atoms with Gasteiger partial charge in [-0.1, -0.05) is 53.4 Å². The molecule has 256 valence electrons. The van der Waals surface area contributed by atoms with E-state index in [0.29, 0.717) is 20.5 Å². The first kappa shape index (κ1) is 38.4. The van der Waals surface area contributed by atoms with Crippen LogP contribution in [0.2, 0.25) is 0 Å². The Balaban J connectivity index is 0.000000607. The van der Waals surface area contributed by atoms with Crippen LogP contribution in [0.4, 0.5) is 20.3 Å². The highest BCUT2D eigenvalue weighted by atomic mass is 79.9. The molecule has 1 aromatic heterocycles. The lowest BCUT2D eigenvalue weighted by Gasteiger charge is -2.25. The fourth-order valence-corrected chi connectivity index (χ4v) is 6.31. The SMILES string of the molecule is CN(C[C@@H](NC(=O)c1ccc(-c2nccnc2N)cc1F)c1cc(F)cc(Br)c1)Sc1ccccc1[N+](=O)[O-].CO.OC1CCCCC1. The van der Waals surface area contributed by atoms with Gasteiger partial charge in [-0.25, -0.2) is 18.1 Å². The van der Waals surface area contributed by atoms with Crippen molar-refractivity contribution in [3.8, 4) is 11.3 Å². The molecule has 0 saturated heterocycles. The lowest BCUT2D eigenvalue weighted by atomic mass is 9.98. The number of nitrogens with zero attached hydrogens (tertiary/aromatic N) is 4. The van der Waals surface area contributed by atoms with E-state index in [4.69, 9.17) is 15.9 Å². The molecule has 1 atom stereocenters. The Hall–Kier alpha value is -4.02. The van der Waals surface area contributed by atoms with Crippen molar-refractivity contribution < 1.29 is 28.7 Å². The predicted octanol–water partition coefficient (Wildman–Crippen LogP) is 6.70. The van der Waals surface area contributed by atoms with Crippen molar-refractivity contribution in [3.05, 3.63) is 110 Å². The van der Waals surface area contributed by atoms with Crippen LogP contribution in [0.25, 0.3) is 11.3 Å². The number of nitrogens with one attached hydrogen (secondary N) is 1. The van der Waals surface area contributed by atoms with Crippen molar-refractivity contribution in [1.29, 1.82) is 0 Å². The highest BCUT2D eigenvalue weighted by Crippen LogP contribution is 2.32. The average molecular weight is 748 g/mol. The van der Waals surface area contributed by atoms with Crippen LogP contribution in [0.5, 0.6) is 0 Å². The molecular formula is C33H37BrF2N6O5S. The second kappa shape index (κ2) is 19.1. The van der Waals surface area contributed by atoms with Crippen molar-refractivity contribution in [3.63, 3.8) is 0 Å². The molecule has 0 bridgehead atoms. The second-order valence-electron chi connectivity index (χ2n) is 10.6. The molecule has 0 aliphatic heterocycles. The lowest BCUT2D eigenvalue weighted by Crippen LogP contribution is -2.35. The summed E-state index contributed by atoms with van der Waals surface area (Å²) in [5.74, 6) is -1.97. The summed E-state index contributed by atoms with van der Waals surface area (Å²) in [4.78, 5) is 32.6. The minimum Gasteiger partial charge on any atom is -0.400 e. The molecule has 1 aliphatic rings. The molecule has 1 amide bonds. The number of hydrogen-bond acceptors (Lipinski definition) is 10. The molecule has 0 spiro atoms. The van der Waals surface area contributed by atoms with Crippen LogP contribution in [0.3, 0.4) is 0 Å². The van der Waals surface area contributed by atoms with Gasteiger partial charge in [0.2, 0.25) is 0 Å². The number of halogens is 3. The van der Waals surface area contributed by atoms with Gasteiger partial charge in [0.15, 0.2) is 0 Å². The quantitative estimate of drug-likeness (QED) is 0.0822. The molecule has 5 rings (SSSR count). The van der Waals surface area contributed by atoms with E-state index < -0.39 is 28.5 Å². The Morgan fingerprint density at radius 3 is 2.40 bits per heavy atom. The van der Waals surface area contributed by atoms with Crippen LogP contribution in [0.1, 0.15) is 54.1 Å². The number of aromatic nitrogens is 2. The Bertz CT molecular complexity index is 1660. The number of carbonyl (C=O) groups excluding carboxylic acids is 1. The number of rotatable bonds is 9. The lowest BCUT2D eigenvalue weighted by molar-refractivity contribution is -0.387. The topological polar surface area (TPSA) is 168 Å². The summed E-state index contributed by atoms with van der Waals surface area (Å²) in [7, 11) is 2.68. The molecule has 1 saturated carbocycles. The Morgan fingerprint density at radius 2 is 1.79 bits per heavy atom. The monoisotopic (exact) mass is 746 g/mol. The number of para-hydroxylation sites is 1. The number of anilines is 1. The summed E-state index contributed by atoms with van der Waals surface area (Å²) in [5, 5.41) is 30.1. The molecule has 5 N–H and O–H groups in total. The Labute approximate surface area is 290 Å². The van der Waals surface area contributed by atoms with Gasteiger partial charge in [-0.05, 0) is 73.8 Å². The first-order chi connectivity index (χ1) is 23.0. The van der Waals surface area contributed by atoms with Crippen LogP contribution in [0.15, 0.2) is 82.4 Å². The smallest absolute Gasteiger partial charge is 0.284 e. The van der Waals surface area contributed by atoms with Gasteiger partial charge in [0, 0.05) is 42.2 Å². The van der Waals surface area contributed by atoms with Gasteiger partial charge in [0.05, 0.1) is 22.6 Å². The van der Waals surface area contributed by atoms with E-state index in [2.05, 4.69) is 31.2 Å². The number of likely N-dealkylation sites (N-methyl/N-ethyl adjacent to an activating group) is 1. The molecule has 0 radical (unpaired) electrons. The molecule has 3 aromatic carbocycles. The summed E-state index contributed by atoms with van der Waals surface area (Å²) >= 11 is 4.35. The van der Waals surface area contributed by atoms with E-state index in [-0.39, 0.29) is 35.4 Å². The molecule has 1 heterocycles. The number of aliphatic hydroxyl groups is 2. The third-order valence-corrected chi connectivity index (χ3v) is 8.60. The number of carbonyl (C=O) groups is 1. The van der Waals surface area contributed by atoms with Gasteiger partial charge in [-0.15, -0.1) is 0 Å². The number of nitrogens with two attached hydrogens (primary N) is 1. The number of nitro groups is 1. The zero-order valence-corrected chi connectivity index (χ0v) is 28.8. The molecule has 4 aromatic rings. The van der Waals surface area contributed by atoms with Gasteiger partial charge in [-0.2, -0.15) is 0 Å². The van der Waals surface area contributed by atoms with Crippen molar-refractivity contribution in [1.82, 2.24) is 19.6 Å². The van der Waals surface area contributed by atoms with Crippen molar-refractivity contribution in [2.45, 2.75) is 49.1 Å². The largest absolute Gasteiger partial charge is 0.400 e. The Morgan fingerprint density at radius 1 is 1.10 bits per heavy atom. The van der Waals surface area contributed by atoms with Gasteiger partial charge >= 0.3 is 0 Å². The fraction of sp³-hybridized carbons (Fsp3) is 0.303. The molecule has 1 aliphatic carbocycles. The normalized spacial score (nSPS) is 13.4. The van der Waals surface area contributed by atoms with E-state index in [1.165, 1.54) is 62.0 Å². The minimum absolute atomic E-state index is 0.0359. The van der Waals surface area contributed by atoms with Crippen LogP contribution >= 0.6 is 27.9 Å². The van der Waals surface area contributed by atoms with E-state index in [9.17, 15) is 19.3 Å². The molecule has 48 heavy (non-hydrogen) atoms. The highest BCUT2D eigenvalue weighted by Gasteiger charge is 2.23. The highest BCUT2D eigenvalue weighted by molar-refractivity contribution is 9.10. The first-order valence-electron chi connectivity index (χ1n) is 14.9. The number of benzene rings is 3. The van der Waals surface area contributed by atoms with Gasteiger partial charge in [0.25, 0.3) is 11.6 Å². The zero-order chi connectivity index (χ0) is 35.2. The number of hydrogen-bond donors (Lipinski definition) is 4. The van der Waals surface area contributed by atoms with Crippen LogP contribution in [-0.2, 0) is 0 Å². The third-order valence-electron chi connectivity index (χ3n) is 7.14. The van der Waals surface area contributed by atoms with Gasteiger partial charge in [-0.3, -0.25) is 19.9 Å². The van der Waals surface area contributed by atoms with E-state index >= 15 is 4.39 Å². The minimum atomic E-state index is -0.808. The molecule has 15 heteroatoms. The van der Waals surface area contributed by atoms with E-state index in [1.54, 1.807) is 35.6 Å². The average Bonchev–Trinajstić information content (AvgIpc) is 3.06. The Kier molecular flexibility index (Phi) is 15.3. The summed E-state index contributed by atoms with van der Waals surface area (Å²) in [6.45, 7) is 0.105. The number of amides is 1. The molecule has 11 nitrogen and oxygen atoms in total. The van der Waals surface area contributed by atoms with Crippen molar-refractivity contribution in [2.24, 2.45) is 0 Å². The zero-order valence-electron chi connectivity index (χ0n) is 26.4. The number of nitrogen functional groups attached to an aromatic ring is 1. The van der Waals surface area contributed by atoms with E-state index in [1.807, 2.05) is 0 Å². The van der Waals surface area contributed by atoms with Crippen LogP contribution < -0.4 is 11.1 Å². The predicted molar refractivity (Wildman–Crippen MR) is 185 cm³/mol. The standard InChI is InChI=1S/C26H21BrF2N6O3S.C6H12O.CH4O/c1-34(39-23-5-3-2-4-22(23)35(37)38)14-21(16-10-17(27)13-18(28)11-16)33-26(36)19-7-6-15(12-20(19)29)24-25(30)32-9-8-31-24;7-6-4-2-1-3-5-6;1-2/h2-13,21H,14H2,1H3,(H2,30,32)(H,33,36);6-7H,1-5H2;2H,1H3/t21-;;/m1../s1. The molecule has 0 unspecified atom stereocenters. The van der Waals surface area contributed by atoms with E-state index in [0.717, 1.165) is 38.0 Å². The van der Waals surface area contributed by atoms with Crippen molar-refractivity contribution in [2.75, 3.05) is 26.4 Å². The summed E-state index contributed by atoms with van der Waals surface area (Å²) in [6, 6.07) is 13.5. The number of aliphatic hydroxyl groups excluding tert-OH is 2. The third kappa shape index (κ3) is 11.3. The molecule has 1 fully saturated rings. The fourth-order valence-electron chi connectivity index (χ4n) is 4.89. The summed E-state index contributed by atoms with van der Waals surface area (Å²) in [5.41, 5.74) is 6.55. The molecular weight excluding hydrogens is 710 g/mol. The summed E-state index contributed by atoms with van der Waals surface area (Å²) < 4.78 is 31.4. The van der Waals surface area contributed by atoms with Gasteiger partial charge < -0.3 is 21.3 Å². The maximum absolute atomic E-state index is 15.1. The maximum Gasteiger partial charge on any atom is 0.284 e. The van der Waals surface area contributed by atoms with Crippen LogP contribution in [-0.4, -0.2) is 62.1 Å². The van der Waals surface area contributed by atoms with Gasteiger partial charge in [0.1, 0.15) is 28.0 Å². The summed E-state index contributed by atoms with van der Waals surface area (Å²) in [6.07, 6.45) is 8.76. The van der Waals surface area contributed by atoms with Crippen LogP contribution in [0, 0.1) is 21.7 Å².